The van der Waals surface area contributed by atoms with Crippen molar-refractivity contribution in [2.45, 2.75) is 175 Å². The van der Waals surface area contributed by atoms with Crippen molar-refractivity contribution in [2.75, 3.05) is 39.6 Å². The third-order valence-electron chi connectivity index (χ3n) is 17.6. The molecule has 1 aliphatic carbocycles. The van der Waals surface area contributed by atoms with E-state index in [2.05, 4.69) is 25.1 Å². The van der Waals surface area contributed by atoms with Gasteiger partial charge in [-0.05, 0) is 52.6 Å². The van der Waals surface area contributed by atoms with Gasteiger partial charge in [0.15, 0.2) is 0 Å². The molecule has 0 heterocycles. The molecule has 0 saturated carbocycles. The summed E-state index contributed by atoms with van der Waals surface area (Å²) in [5, 5.41) is -7.15. The number of hydrogen-bond acceptors (Lipinski definition) is 18. The lowest BCUT2D eigenvalue weighted by Gasteiger charge is -2.32. The fourth-order valence-corrected chi connectivity index (χ4v) is 16.5. The standard InChI is InChI=1S/C61H33F48O18S6/c62-38(63)50(86,87)56(98,99)44(74,75)16-122-128(110,111)22-6-8-28-30(10-22)26(32-12-24(130(114,115)124-18-46(78,79)58(102,103)52(90,91)40(66)67)14-34(36(28)32)132(118,119)126-20-48(82,83)60(106,107)54(94,95)42(70)71)4-2-1-3-5-27-31-11-23(129(112,113)123-17-45(76,77)57(100,101)51(88,89)39(64)65)7-9-29(31)37-33(27)13-25(131(116,117)125-19-47(80,81)59(104,105)53(92,93)41(68)69)15-35(37)133(120,121)127-21-49(84,85)61(108,109)55(96,97)43(72)73/h1-15,38-43H,16-21H2/q-1/b2-1+,5-3+,26-4+. The van der Waals surface area contributed by atoms with Crippen molar-refractivity contribution in [3.63, 3.8) is 0 Å². The smallest absolute Gasteiger partial charge is 0.264 e. The maximum atomic E-state index is 15.0. The maximum Gasteiger partial charge on any atom is 0.380 e. The summed E-state index contributed by atoms with van der Waals surface area (Å²) in [4.78, 5) is -15.0. The van der Waals surface area contributed by atoms with Gasteiger partial charge in [-0.2, -0.15) is 200 Å². The predicted octanol–water partition coefficient (Wildman–Crippen LogP) is 19.7. The zero-order valence-electron chi connectivity index (χ0n) is 61.3. The molecule has 1 aliphatic rings. The van der Waals surface area contributed by atoms with E-state index in [-0.39, 0.29) is 54.6 Å². The van der Waals surface area contributed by atoms with E-state index in [1.807, 2.05) is 0 Å². The Labute approximate surface area is 705 Å². The summed E-state index contributed by atoms with van der Waals surface area (Å²) in [5.74, 6) is -131. The van der Waals surface area contributed by atoms with Crippen molar-refractivity contribution >= 4 is 93.9 Å². The van der Waals surface area contributed by atoms with Crippen LogP contribution in [-0.2, 0) is 85.8 Å². The first-order valence-corrected chi connectivity index (χ1v) is 40.9. The molecule has 0 unspecified atom stereocenters. The molecule has 758 valence electrons. The summed E-state index contributed by atoms with van der Waals surface area (Å²) >= 11 is 0. The van der Waals surface area contributed by atoms with Crippen molar-refractivity contribution < 1.29 is 286 Å². The quantitative estimate of drug-likeness (QED) is 0.0149. The molecule has 0 atom stereocenters. The van der Waals surface area contributed by atoms with Crippen LogP contribution in [-0.4, -0.2) is 235 Å². The lowest BCUT2D eigenvalue weighted by atomic mass is 10.0. The van der Waals surface area contributed by atoms with Gasteiger partial charge in [0.25, 0.3) is 60.7 Å². The highest BCUT2D eigenvalue weighted by molar-refractivity contribution is 7.88. The molecule has 72 heteroatoms. The van der Waals surface area contributed by atoms with Crippen LogP contribution in [0.1, 0.15) is 16.7 Å². The molecule has 0 bridgehead atoms. The SMILES string of the molecule is O=S(=O)(OCC(F)(F)C(F)(F)C(F)(F)C(F)F)c1ccc2c(c1)\C(=C/C=C/C=C/c1c3cc(S(=O)(=O)OCC(F)(F)C(F)(F)C(F)(F)C(F)F)cc(S(=O)(=O)OCC(F)(F)C(F)(F)C(F)(F)C(F)F)c3[c-]3ccc(S(=O)(=O)OCC(F)(F)C(F)(F)C(F)(F)C(F)F)cc13)c1cc(S(=O)(=O)OCC(F)(F)C(F)(F)C(F)(F)C(F)F)cc(S(=O)(=O)OCC(F)(F)C(F)(F)C(F)(F)C(F)F)c1-2. The summed E-state index contributed by atoms with van der Waals surface area (Å²) in [6.07, 6.45) is -35.8. The second kappa shape index (κ2) is 35.8. The van der Waals surface area contributed by atoms with Crippen LogP contribution in [0.2, 0.25) is 0 Å². The largest absolute Gasteiger partial charge is 0.380 e. The Bertz CT molecular complexity index is 6050. The number of fused-ring (bicyclic) bond motifs is 6. The number of hydrogen-bond donors (Lipinski definition) is 0. The highest BCUT2D eigenvalue weighted by Crippen LogP contribution is 2.58. The van der Waals surface area contributed by atoms with E-state index < -0.39 is 366 Å². The summed E-state index contributed by atoms with van der Waals surface area (Å²) in [6.45, 7) is -23.7. The van der Waals surface area contributed by atoms with Gasteiger partial charge in [0.1, 0.15) is 44.5 Å². The molecule has 0 fully saturated rings. The van der Waals surface area contributed by atoms with Crippen molar-refractivity contribution in [3.8, 4) is 11.1 Å². The minimum atomic E-state index is -7.64. The zero-order chi connectivity index (χ0) is 104. The molecule has 0 radical (unpaired) electrons. The van der Waals surface area contributed by atoms with Crippen molar-refractivity contribution in [1.82, 2.24) is 0 Å². The predicted molar refractivity (Wildman–Crippen MR) is 338 cm³/mol. The van der Waals surface area contributed by atoms with Crippen LogP contribution >= 0.6 is 0 Å². The van der Waals surface area contributed by atoms with Crippen molar-refractivity contribution in [3.05, 3.63) is 102 Å². The molecular formula is C61H33F48O18S6-. The molecule has 133 heavy (non-hydrogen) atoms. The van der Waals surface area contributed by atoms with Crippen LogP contribution in [0.25, 0.3) is 44.3 Å². The normalized spacial score (nSPS) is 16.0. The first kappa shape index (κ1) is 114. The molecule has 5 aromatic carbocycles. The average molecular weight is 2160 g/mol. The summed E-state index contributed by atoms with van der Waals surface area (Å²) < 4.78 is 862. The van der Waals surface area contributed by atoms with Gasteiger partial charge in [-0.1, -0.05) is 81.8 Å². The van der Waals surface area contributed by atoms with E-state index >= 15 is 17.6 Å². The molecule has 0 spiro atoms. The maximum absolute atomic E-state index is 15.0. The van der Waals surface area contributed by atoms with Crippen LogP contribution in [0.15, 0.2) is 114 Å². The first-order chi connectivity index (χ1) is 59.0. The molecule has 0 saturated heterocycles. The van der Waals surface area contributed by atoms with Gasteiger partial charge in [0, 0.05) is 10.5 Å². The highest BCUT2D eigenvalue weighted by atomic mass is 32.2. The van der Waals surface area contributed by atoms with Gasteiger partial charge >= 0.3 is 145 Å². The van der Waals surface area contributed by atoms with Gasteiger partial charge in [-0.3, -0.25) is 25.1 Å². The summed E-state index contributed by atoms with van der Waals surface area (Å²) in [5.41, 5.74) is -10.6. The van der Waals surface area contributed by atoms with E-state index in [4.69, 9.17) is 0 Å². The summed E-state index contributed by atoms with van der Waals surface area (Å²) in [6, 6.07) is -5.02. The first-order valence-electron chi connectivity index (χ1n) is 32.4. The molecule has 0 aromatic heterocycles. The Morgan fingerprint density at radius 1 is 0.278 bits per heavy atom. The number of allylic oxidation sites excluding steroid dienone is 4. The van der Waals surface area contributed by atoms with Crippen molar-refractivity contribution in [1.29, 1.82) is 0 Å². The Morgan fingerprint density at radius 2 is 0.541 bits per heavy atom. The minimum Gasteiger partial charge on any atom is -0.264 e. The van der Waals surface area contributed by atoms with Crippen LogP contribution in [0, 0.1) is 0 Å². The second-order valence-electron chi connectivity index (χ2n) is 26.4. The Balaban J connectivity index is 1.84. The van der Waals surface area contributed by atoms with E-state index in [0.29, 0.717) is 0 Å². The van der Waals surface area contributed by atoms with Crippen molar-refractivity contribution in [2.24, 2.45) is 0 Å². The zero-order valence-corrected chi connectivity index (χ0v) is 66.2. The van der Waals surface area contributed by atoms with Gasteiger partial charge in [0.05, 0.1) is 19.6 Å². The lowest BCUT2D eigenvalue weighted by molar-refractivity contribution is -0.342. The second-order valence-corrected chi connectivity index (χ2v) is 36.0. The van der Waals surface area contributed by atoms with E-state index in [1.165, 1.54) is 0 Å². The number of alkyl halides is 48. The minimum absolute atomic E-state index is 0.0453. The van der Waals surface area contributed by atoms with Crippen LogP contribution < -0.4 is 0 Å². The third-order valence-corrected chi connectivity index (χ3v) is 25.1. The average Bonchev–Trinajstić information content (AvgIpc) is 1.58. The Morgan fingerprint density at radius 3 is 0.850 bits per heavy atom. The highest BCUT2D eigenvalue weighted by Gasteiger charge is 2.81. The van der Waals surface area contributed by atoms with Gasteiger partial charge in [-0.25, -0.2) is 61.1 Å². The number of halogens is 48. The Kier molecular flexibility index (Phi) is 30.6. The molecule has 18 nitrogen and oxygen atoms in total. The van der Waals surface area contributed by atoms with E-state index in [9.17, 15) is 244 Å². The van der Waals surface area contributed by atoms with Gasteiger partial charge < -0.3 is 0 Å². The topological polar surface area (TPSA) is 260 Å². The van der Waals surface area contributed by atoms with Gasteiger partial charge in [0.2, 0.25) is 0 Å². The lowest BCUT2D eigenvalue weighted by Crippen LogP contribution is -2.59. The monoisotopic (exact) mass is 2160 g/mol. The number of benzene rings is 4. The fourth-order valence-electron chi connectivity index (χ4n) is 10.2. The van der Waals surface area contributed by atoms with E-state index in [1.54, 1.807) is 0 Å². The molecule has 0 N–H and O–H groups in total. The fraction of sp³-hybridized carbons (Fsp3) is 0.492. The molecular weight excluding hydrogens is 2120 g/mol. The van der Waals surface area contributed by atoms with Crippen LogP contribution in [0.4, 0.5) is 211 Å². The number of rotatable bonds is 45. The molecule has 5 aromatic rings. The van der Waals surface area contributed by atoms with Crippen LogP contribution in [0.3, 0.4) is 0 Å². The molecule has 0 aliphatic heterocycles. The summed E-state index contributed by atoms with van der Waals surface area (Å²) in [7, 11) is -42.7. The third kappa shape index (κ3) is 20.0. The van der Waals surface area contributed by atoms with Gasteiger partial charge in [-0.15, -0.1) is 6.07 Å². The molecule has 6 rings (SSSR count). The van der Waals surface area contributed by atoms with E-state index in [0.717, 1.165) is 0 Å². The van der Waals surface area contributed by atoms with Crippen LogP contribution in [0.5, 0.6) is 0 Å². The Hall–Kier alpha value is -7.93. The molecule has 0 amide bonds.